The molecule has 42 heavy (non-hydrogen) atoms. The van der Waals surface area contributed by atoms with Gasteiger partial charge in [-0.25, -0.2) is 4.39 Å². The van der Waals surface area contributed by atoms with Crippen LogP contribution in [0.2, 0.25) is 0 Å². The van der Waals surface area contributed by atoms with Gasteiger partial charge in [-0.05, 0) is 41.5 Å². The number of carbonyl (C=O) groups is 2. The average Bonchev–Trinajstić information content (AvgIpc) is 3.72. The monoisotopic (exact) mass is 599 g/mol. The number of furan rings is 1. The van der Waals surface area contributed by atoms with Crippen LogP contribution in [0.25, 0.3) is 11.0 Å². The molecule has 0 saturated heterocycles. The van der Waals surface area contributed by atoms with E-state index in [1.807, 2.05) is 6.07 Å². The fraction of sp³-hybridized carbons (Fsp3) is 0.0968. The number of hydrogen-bond acceptors (Lipinski definition) is 9. The minimum Gasteiger partial charge on any atom is -0.503 e. The van der Waals surface area contributed by atoms with Gasteiger partial charge in [-0.1, -0.05) is 84.3 Å². The van der Waals surface area contributed by atoms with Gasteiger partial charge in [-0.2, -0.15) is 0 Å². The first-order valence-corrected chi connectivity index (χ1v) is 14.6. The van der Waals surface area contributed by atoms with E-state index in [1.54, 1.807) is 72.8 Å². The van der Waals surface area contributed by atoms with Crippen LogP contribution in [0.5, 0.6) is 5.75 Å². The molecule has 0 spiro atoms. The smallest absolute Gasteiger partial charge is 0.296 e. The second-order valence-corrected chi connectivity index (χ2v) is 11.4. The van der Waals surface area contributed by atoms with Crippen molar-refractivity contribution in [3.8, 4) is 5.75 Å². The molecule has 0 fully saturated rings. The summed E-state index contributed by atoms with van der Waals surface area (Å²) in [6.07, 6.45) is 1.62. The molecule has 6 rings (SSSR count). The molecule has 11 heteroatoms. The highest BCUT2D eigenvalue weighted by Gasteiger charge is 2.46. The van der Waals surface area contributed by atoms with E-state index in [9.17, 15) is 19.1 Å². The number of aliphatic hydroxyl groups is 1. The Morgan fingerprint density at radius 1 is 1.12 bits per heavy atom. The van der Waals surface area contributed by atoms with Gasteiger partial charge < -0.3 is 14.3 Å². The molecule has 0 bridgehead atoms. The van der Waals surface area contributed by atoms with Crippen LogP contribution in [0.1, 0.15) is 27.7 Å². The number of hydrogen-bond donors (Lipinski definition) is 1. The third-order valence-electron chi connectivity index (χ3n) is 6.58. The van der Waals surface area contributed by atoms with E-state index in [0.717, 1.165) is 11.3 Å². The lowest BCUT2D eigenvalue weighted by molar-refractivity contribution is -0.117. The average molecular weight is 600 g/mol. The Balaban J connectivity index is 1.36. The van der Waals surface area contributed by atoms with Crippen LogP contribution in [0.4, 0.5) is 9.52 Å². The van der Waals surface area contributed by atoms with E-state index in [4.69, 9.17) is 9.15 Å². The summed E-state index contributed by atoms with van der Waals surface area (Å²) >= 11 is 2.37. The van der Waals surface area contributed by atoms with Gasteiger partial charge in [0.1, 0.15) is 23.8 Å². The normalized spacial score (nSPS) is 15.0. The number of carbonyl (C=O) groups excluding carboxylic acids is 2. The molecular formula is C31H22FN3O5S2. The van der Waals surface area contributed by atoms with Crippen LogP contribution in [-0.4, -0.2) is 33.6 Å². The fourth-order valence-electron chi connectivity index (χ4n) is 4.59. The second kappa shape index (κ2) is 11.6. The SMILES string of the molecule is C=CCOc1ccc(C2C(C(=O)c3cc4ccccc4o3)=C(O)C(=O)N2c2nnc(SCc3ccccc3F)s2)cc1. The van der Waals surface area contributed by atoms with Crippen molar-refractivity contribution in [2.45, 2.75) is 16.1 Å². The number of ketones is 1. The minimum absolute atomic E-state index is 0.0123. The van der Waals surface area contributed by atoms with Crippen LogP contribution in [0.15, 0.2) is 112 Å². The standard InChI is InChI=1S/C31H22FN3O5S2/c1-2-15-39-21-13-11-18(12-14-21)26-25(27(36)24-16-19-7-4-6-10-23(19)40-24)28(37)29(38)35(26)30-33-34-31(42-30)41-17-20-8-3-5-9-22(20)32/h2-14,16,26,37H,1,15,17H2. The summed E-state index contributed by atoms with van der Waals surface area (Å²) in [5.41, 5.74) is 1.40. The van der Waals surface area contributed by atoms with Crippen molar-refractivity contribution in [1.29, 1.82) is 0 Å². The molecule has 1 unspecified atom stereocenters. The lowest BCUT2D eigenvalue weighted by Gasteiger charge is -2.24. The number of aromatic nitrogens is 2. The van der Waals surface area contributed by atoms with E-state index < -0.39 is 23.5 Å². The zero-order valence-electron chi connectivity index (χ0n) is 21.9. The molecule has 1 N–H and O–H groups in total. The quantitative estimate of drug-likeness (QED) is 0.0787. The predicted molar refractivity (Wildman–Crippen MR) is 158 cm³/mol. The number of rotatable bonds is 10. The number of Topliss-reactive ketones (excluding diaryl/α,β-unsaturated/α-hetero) is 1. The van der Waals surface area contributed by atoms with Crippen molar-refractivity contribution < 1.29 is 28.2 Å². The summed E-state index contributed by atoms with van der Waals surface area (Å²) in [4.78, 5) is 28.6. The van der Waals surface area contributed by atoms with Gasteiger partial charge >= 0.3 is 0 Å². The molecule has 0 saturated carbocycles. The summed E-state index contributed by atoms with van der Waals surface area (Å²) in [5.74, 6) is -1.59. The van der Waals surface area contributed by atoms with Crippen molar-refractivity contribution in [3.63, 3.8) is 0 Å². The Morgan fingerprint density at radius 2 is 1.88 bits per heavy atom. The van der Waals surface area contributed by atoms with Gasteiger partial charge in [-0.3, -0.25) is 14.5 Å². The van der Waals surface area contributed by atoms with Gasteiger partial charge in [0.05, 0.1) is 11.6 Å². The molecule has 1 amide bonds. The van der Waals surface area contributed by atoms with Crippen LogP contribution in [0.3, 0.4) is 0 Å². The first-order valence-electron chi connectivity index (χ1n) is 12.8. The number of ether oxygens (including phenoxy) is 1. The van der Waals surface area contributed by atoms with E-state index >= 15 is 0 Å². The number of fused-ring (bicyclic) bond motifs is 1. The predicted octanol–water partition coefficient (Wildman–Crippen LogP) is 7.06. The zero-order valence-corrected chi connectivity index (χ0v) is 23.5. The Bertz CT molecular complexity index is 1810. The fourth-order valence-corrected chi connectivity index (χ4v) is 6.44. The molecule has 3 heterocycles. The highest BCUT2D eigenvalue weighted by Crippen LogP contribution is 2.44. The van der Waals surface area contributed by atoms with Gasteiger partial charge in [0.15, 0.2) is 15.9 Å². The Labute approximate surface area is 247 Å². The molecule has 8 nitrogen and oxygen atoms in total. The van der Waals surface area contributed by atoms with E-state index in [1.165, 1.54) is 22.7 Å². The Kier molecular flexibility index (Phi) is 7.60. The molecule has 210 valence electrons. The number of thioether (sulfide) groups is 1. The maximum absolute atomic E-state index is 14.1. The van der Waals surface area contributed by atoms with Crippen molar-refractivity contribution in [1.82, 2.24) is 10.2 Å². The number of halogens is 1. The number of anilines is 1. The van der Waals surface area contributed by atoms with Crippen molar-refractivity contribution in [2.24, 2.45) is 0 Å². The zero-order chi connectivity index (χ0) is 29.2. The largest absolute Gasteiger partial charge is 0.503 e. The van der Waals surface area contributed by atoms with Gasteiger partial charge in [0.2, 0.25) is 10.9 Å². The van der Waals surface area contributed by atoms with Gasteiger partial charge in [0, 0.05) is 11.1 Å². The number of benzene rings is 3. The van der Waals surface area contributed by atoms with E-state index in [-0.39, 0.29) is 22.3 Å². The second-order valence-electron chi connectivity index (χ2n) is 9.22. The van der Waals surface area contributed by atoms with Gasteiger partial charge in [-0.15, -0.1) is 10.2 Å². The molecule has 1 aliphatic heterocycles. The van der Waals surface area contributed by atoms with Crippen LogP contribution in [-0.2, 0) is 10.5 Å². The summed E-state index contributed by atoms with van der Waals surface area (Å²) < 4.78 is 26.0. The molecule has 1 aliphatic rings. The molecule has 3 aromatic carbocycles. The van der Waals surface area contributed by atoms with E-state index in [2.05, 4.69) is 16.8 Å². The summed E-state index contributed by atoms with van der Waals surface area (Å²) in [5, 5.41) is 20.4. The number of nitrogens with zero attached hydrogens (tertiary/aromatic N) is 3. The van der Waals surface area contributed by atoms with Crippen LogP contribution < -0.4 is 9.64 Å². The van der Waals surface area contributed by atoms with Crippen molar-refractivity contribution in [2.75, 3.05) is 11.5 Å². The lowest BCUT2D eigenvalue weighted by atomic mass is 9.95. The third kappa shape index (κ3) is 5.19. The highest BCUT2D eigenvalue weighted by atomic mass is 32.2. The summed E-state index contributed by atoms with van der Waals surface area (Å²) in [7, 11) is 0. The molecule has 0 aliphatic carbocycles. The molecule has 1 atom stereocenters. The Hall–Kier alpha value is -4.74. The minimum atomic E-state index is -1.02. The van der Waals surface area contributed by atoms with Crippen LogP contribution >= 0.6 is 23.1 Å². The lowest BCUT2D eigenvalue weighted by Crippen LogP contribution is -2.31. The summed E-state index contributed by atoms with van der Waals surface area (Å²) in [6, 6.07) is 21.0. The number of para-hydroxylation sites is 1. The first kappa shape index (κ1) is 27.4. The van der Waals surface area contributed by atoms with Crippen molar-refractivity contribution in [3.05, 3.63) is 126 Å². The van der Waals surface area contributed by atoms with E-state index in [0.29, 0.717) is 44.5 Å². The molecule has 5 aromatic rings. The van der Waals surface area contributed by atoms with Crippen molar-refractivity contribution >= 4 is 50.9 Å². The number of aliphatic hydroxyl groups excluding tert-OH is 1. The Morgan fingerprint density at radius 3 is 2.64 bits per heavy atom. The maximum atomic E-state index is 14.1. The first-order chi connectivity index (χ1) is 20.4. The number of amides is 1. The topological polar surface area (TPSA) is 106 Å². The highest BCUT2D eigenvalue weighted by molar-refractivity contribution is 8.00. The molecular weight excluding hydrogens is 577 g/mol. The molecule has 2 aromatic heterocycles. The van der Waals surface area contributed by atoms with Gasteiger partial charge in [0.25, 0.3) is 5.91 Å². The third-order valence-corrected chi connectivity index (χ3v) is 8.68. The van der Waals surface area contributed by atoms with Crippen LogP contribution in [0, 0.1) is 5.82 Å². The maximum Gasteiger partial charge on any atom is 0.296 e. The summed E-state index contributed by atoms with van der Waals surface area (Å²) in [6.45, 7) is 3.95. The molecule has 0 radical (unpaired) electrons.